The largest absolute Gasteiger partial charge is 0.460 e. The van der Waals surface area contributed by atoms with E-state index >= 15 is 0 Å². The van der Waals surface area contributed by atoms with Crippen LogP contribution < -0.4 is 4.74 Å². The van der Waals surface area contributed by atoms with Crippen molar-refractivity contribution in [2.24, 2.45) is 0 Å². The van der Waals surface area contributed by atoms with Gasteiger partial charge in [0, 0.05) is 51.4 Å². The van der Waals surface area contributed by atoms with Gasteiger partial charge in [0.1, 0.15) is 6.10 Å². The molecular weight excluding hydrogens is 352 g/mol. The van der Waals surface area contributed by atoms with Crippen LogP contribution in [0, 0.1) is 0 Å². The molecule has 3 heterocycles. The smallest absolute Gasteiger partial charge is 0.320 e. The molecule has 1 aromatic heterocycles. The molecule has 0 N–H and O–H groups in total. The highest BCUT2D eigenvalue weighted by Crippen LogP contribution is 2.18. The lowest BCUT2D eigenvalue weighted by atomic mass is 10.1. The number of ether oxygens (including phenoxy) is 2. The number of morpholine rings is 1. The normalized spacial score (nSPS) is 20.0. The van der Waals surface area contributed by atoms with Crippen molar-refractivity contribution in [3.8, 4) is 6.01 Å². The van der Waals surface area contributed by atoms with E-state index in [9.17, 15) is 4.79 Å². The molecule has 1 aromatic rings. The van der Waals surface area contributed by atoms with Gasteiger partial charge in [-0.1, -0.05) is 0 Å². The number of piperidine rings is 1. The molecule has 0 bridgehead atoms. The van der Waals surface area contributed by atoms with E-state index in [1.54, 1.807) is 12.4 Å². The number of carbonyl (C=O) groups excluding carboxylic acids is 1. The summed E-state index contributed by atoms with van der Waals surface area (Å²) in [5, 5.41) is 0. The summed E-state index contributed by atoms with van der Waals surface area (Å²) in [6.45, 7) is 4.04. The molecule has 0 saturated carbocycles. The summed E-state index contributed by atoms with van der Waals surface area (Å²) in [5.74, 6) is 0. The Kier molecular flexibility index (Phi) is 5.09. The van der Waals surface area contributed by atoms with Crippen LogP contribution in [0.3, 0.4) is 0 Å². The molecule has 2 saturated heterocycles. The van der Waals surface area contributed by atoms with Gasteiger partial charge in [-0.05, 0) is 15.9 Å². The first kappa shape index (κ1) is 15.5. The Hall–Kier alpha value is -1.41. The second-order valence-electron chi connectivity index (χ2n) is 5.37. The van der Waals surface area contributed by atoms with Crippen molar-refractivity contribution in [1.29, 1.82) is 0 Å². The predicted octanol–water partition coefficient (Wildman–Crippen LogP) is 1.53. The molecule has 8 heteroatoms. The number of rotatable bonds is 2. The van der Waals surface area contributed by atoms with E-state index in [-0.39, 0.29) is 12.1 Å². The minimum atomic E-state index is 0.0647. The first-order valence-corrected chi connectivity index (χ1v) is 8.27. The number of carbonyl (C=O) groups is 1. The second kappa shape index (κ2) is 7.23. The summed E-state index contributed by atoms with van der Waals surface area (Å²) in [5.41, 5.74) is 0. The molecule has 0 unspecified atom stereocenters. The molecular formula is C14H19BrN4O3. The first-order valence-electron chi connectivity index (χ1n) is 7.48. The Balaban J connectivity index is 1.47. The van der Waals surface area contributed by atoms with Crippen molar-refractivity contribution in [3.05, 3.63) is 16.9 Å². The number of urea groups is 1. The molecule has 7 nitrogen and oxygen atoms in total. The van der Waals surface area contributed by atoms with Crippen molar-refractivity contribution >= 4 is 22.0 Å². The average molecular weight is 371 g/mol. The highest BCUT2D eigenvalue weighted by atomic mass is 79.9. The van der Waals surface area contributed by atoms with Crippen LogP contribution in [-0.4, -0.2) is 71.3 Å². The fraction of sp³-hybridized carbons (Fsp3) is 0.643. The Morgan fingerprint density at radius 3 is 2.36 bits per heavy atom. The Morgan fingerprint density at radius 2 is 1.73 bits per heavy atom. The fourth-order valence-electron chi connectivity index (χ4n) is 2.63. The van der Waals surface area contributed by atoms with Gasteiger partial charge in [0.05, 0.1) is 17.7 Å². The van der Waals surface area contributed by atoms with E-state index in [0.717, 1.165) is 17.3 Å². The zero-order valence-electron chi connectivity index (χ0n) is 12.3. The van der Waals surface area contributed by atoms with Crippen LogP contribution in [0.4, 0.5) is 4.79 Å². The van der Waals surface area contributed by atoms with Crippen LogP contribution in [0.2, 0.25) is 0 Å². The highest BCUT2D eigenvalue weighted by molar-refractivity contribution is 9.10. The lowest BCUT2D eigenvalue weighted by molar-refractivity contribution is 0.0353. The van der Waals surface area contributed by atoms with Crippen molar-refractivity contribution in [2.75, 3.05) is 39.4 Å². The van der Waals surface area contributed by atoms with Crippen LogP contribution >= 0.6 is 15.9 Å². The van der Waals surface area contributed by atoms with Crippen molar-refractivity contribution in [2.45, 2.75) is 18.9 Å². The first-order chi connectivity index (χ1) is 10.7. The number of amides is 2. The van der Waals surface area contributed by atoms with E-state index in [1.807, 2.05) is 9.80 Å². The minimum Gasteiger partial charge on any atom is -0.460 e. The number of hydrogen-bond acceptors (Lipinski definition) is 5. The van der Waals surface area contributed by atoms with Crippen LogP contribution in [-0.2, 0) is 4.74 Å². The van der Waals surface area contributed by atoms with Crippen molar-refractivity contribution in [1.82, 2.24) is 19.8 Å². The van der Waals surface area contributed by atoms with Gasteiger partial charge < -0.3 is 19.3 Å². The summed E-state index contributed by atoms with van der Waals surface area (Å²) < 4.78 is 11.9. The number of likely N-dealkylation sites (tertiary alicyclic amines) is 1. The molecule has 0 atom stereocenters. The summed E-state index contributed by atoms with van der Waals surface area (Å²) in [4.78, 5) is 24.4. The Labute approximate surface area is 137 Å². The molecule has 0 aromatic carbocycles. The summed E-state index contributed by atoms with van der Waals surface area (Å²) in [7, 11) is 0. The molecule has 3 rings (SSSR count). The molecule has 2 amide bonds. The van der Waals surface area contributed by atoms with E-state index in [0.29, 0.717) is 45.4 Å². The quantitative estimate of drug-likeness (QED) is 0.789. The van der Waals surface area contributed by atoms with E-state index in [2.05, 4.69) is 25.9 Å². The summed E-state index contributed by atoms with van der Waals surface area (Å²) >= 11 is 3.29. The van der Waals surface area contributed by atoms with Crippen LogP contribution in [0.25, 0.3) is 0 Å². The van der Waals surface area contributed by atoms with Crippen LogP contribution in [0.15, 0.2) is 16.9 Å². The van der Waals surface area contributed by atoms with Gasteiger partial charge >= 0.3 is 12.0 Å². The van der Waals surface area contributed by atoms with Gasteiger partial charge in [-0.25, -0.2) is 14.8 Å². The lowest BCUT2D eigenvalue weighted by Crippen LogP contribution is -2.51. The standard InChI is InChI=1S/C14H19BrN4O3/c15-11-9-16-13(17-10-11)22-12-1-3-18(4-2-12)14(20)19-5-7-21-8-6-19/h9-10,12H,1-8H2. The molecule has 2 aliphatic rings. The number of hydrogen-bond donors (Lipinski definition) is 0. The van der Waals surface area contributed by atoms with Crippen molar-refractivity contribution < 1.29 is 14.3 Å². The van der Waals surface area contributed by atoms with Crippen LogP contribution in [0.1, 0.15) is 12.8 Å². The lowest BCUT2D eigenvalue weighted by Gasteiger charge is -2.36. The summed E-state index contributed by atoms with van der Waals surface area (Å²) in [6.07, 6.45) is 5.00. The van der Waals surface area contributed by atoms with Gasteiger partial charge in [-0.2, -0.15) is 0 Å². The van der Waals surface area contributed by atoms with Crippen molar-refractivity contribution in [3.63, 3.8) is 0 Å². The molecule has 2 aliphatic heterocycles. The monoisotopic (exact) mass is 370 g/mol. The molecule has 120 valence electrons. The van der Waals surface area contributed by atoms with E-state index in [4.69, 9.17) is 9.47 Å². The molecule has 0 spiro atoms. The molecule has 22 heavy (non-hydrogen) atoms. The predicted molar refractivity (Wildman–Crippen MR) is 82.7 cm³/mol. The fourth-order valence-corrected chi connectivity index (χ4v) is 2.83. The molecule has 0 radical (unpaired) electrons. The zero-order valence-corrected chi connectivity index (χ0v) is 13.9. The van der Waals surface area contributed by atoms with Gasteiger partial charge in [0.15, 0.2) is 0 Å². The van der Waals surface area contributed by atoms with Gasteiger partial charge in [0.2, 0.25) is 0 Å². The van der Waals surface area contributed by atoms with E-state index < -0.39 is 0 Å². The van der Waals surface area contributed by atoms with Gasteiger partial charge in [-0.15, -0.1) is 0 Å². The maximum atomic E-state index is 12.4. The Morgan fingerprint density at radius 1 is 1.14 bits per heavy atom. The third-order valence-corrected chi connectivity index (χ3v) is 4.27. The third-order valence-electron chi connectivity index (χ3n) is 3.86. The maximum Gasteiger partial charge on any atom is 0.320 e. The third kappa shape index (κ3) is 3.86. The maximum absolute atomic E-state index is 12.4. The SMILES string of the molecule is O=C(N1CCOCC1)N1CCC(Oc2ncc(Br)cn2)CC1. The van der Waals surface area contributed by atoms with Gasteiger partial charge in [-0.3, -0.25) is 0 Å². The van der Waals surface area contributed by atoms with E-state index in [1.165, 1.54) is 0 Å². The van der Waals surface area contributed by atoms with Gasteiger partial charge in [0.25, 0.3) is 0 Å². The molecule has 2 fully saturated rings. The number of nitrogens with zero attached hydrogens (tertiary/aromatic N) is 4. The van der Waals surface area contributed by atoms with Crippen LogP contribution in [0.5, 0.6) is 6.01 Å². The summed E-state index contributed by atoms with van der Waals surface area (Å²) in [6, 6.07) is 0.503. The second-order valence-corrected chi connectivity index (χ2v) is 6.29. The number of aromatic nitrogens is 2. The number of halogens is 1. The Bertz CT molecular complexity index is 499. The highest BCUT2D eigenvalue weighted by Gasteiger charge is 2.28. The average Bonchev–Trinajstić information content (AvgIpc) is 2.58. The topological polar surface area (TPSA) is 67.8 Å². The minimum absolute atomic E-state index is 0.0647. The zero-order chi connectivity index (χ0) is 15.4. The molecule has 0 aliphatic carbocycles.